The molecule has 2 N–H and O–H groups in total. The molecule has 6 nitrogen and oxygen atoms in total. The van der Waals surface area contributed by atoms with Crippen LogP contribution in [-0.2, 0) is 10.0 Å². The van der Waals surface area contributed by atoms with Crippen molar-refractivity contribution in [2.75, 3.05) is 30.3 Å². The van der Waals surface area contributed by atoms with E-state index in [1.165, 1.54) is 16.4 Å². The zero-order valence-electron chi connectivity index (χ0n) is 16.6. The number of hydrogen-bond donors (Lipinski definition) is 2. The van der Waals surface area contributed by atoms with E-state index < -0.39 is 27.6 Å². The van der Waals surface area contributed by atoms with Gasteiger partial charge in [0, 0.05) is 25.2 Å². The predicted octanol–water partition coefficient (Wildman–Crippen LogP) is 4.07. The molecular formula is C20H25F2N3O3S. The zero-order chi connectivity index (χ0) is 21.6. The van der Waals surface area contributed by atoms with Crippen molar-refractivity contribution < 1.29 is 22.0 Å². The number of benzene rings is 2. The first-order valence-electron chi connectivity index (χ1n) is 9.39. The summed E-state index contributed by atoms with van der Waals surface area (Å²) < 4.78 is 53.5. The molecule has 0 spiro atoms. The average Bonchev–Trinajstić information content (AvgIpc) is 2.69. The van der Waals surface area contributed by atoms with Crippen LogP contribution in [0.5, 0.6) is 0 Å². The average molecular weight is 426 g/mol. The van der Waals surface area contributed by atoms with Crippen molar-refractivity contribution in [3.05, 3.63) is 53.6 Å². The Morgan fingerprint density at radius 3 is 2.24 bits per heavy atom. The van der Waals surface area contributed by atoms with Crippen molar-refractivity contribution in [2.24, 2.45) is 0 Å². The summed E-state index contributed by atoms with van der Waals surface area (Å²) in [5.41, 5.74) is 0.685. The fraction of sp³-hybridized carbons (Fsp3) is 0.350. The third-order valence-electron chi connectivity index (χ3n) is 4.33. The second kappa shape index (κ2) is 9.80. The molecule has 0 saturated heterocycles. The first-order valence-corrected chi connectivity index (χ1v) is 10.8. The number of rotatable bonds is 9. The monoisotopic (exact) mass is 425 g/mol. The number of nitrogens with one attached hydrogen (secondary N) is 2. The van der Waals surface area contributed by atoms with Crippen molar-refractivity contribution in [2.45, 2.75) is 32.1 Å². The van der Waals surface area contributed by atoms with E-state index in [1.54, 1.807) is 19.9 Å². The molecule has 29 heavy (non-hydrogen) atoms. The number of sulfonamides is 1. The first-order chi connectivity index (χ1) is 13.7. The highest BCUT2D eigenvalue weighted by Gasteiger charge is 2.23. The van der Waals surface area contributed by atoms with Crippen LogP contribution in [0.25, 0.3) is 0 Å². The highest BCUT2D eigenvalue weighted by atomic mass is 32.2. The zero-order valence-corrected chi connectivity index (χ0v) is 17.4. The van der Waals surface area contributed by atoms with Gasteiger partial charge in [-0.1, -0.05) is 20.8 Å². The van der Waals surface area contributed by atoms with Crippen LogP contribution in [0.3, 0.4) is 0 Å². The third kappa shape index (κ3) is 5.30. The Balaban J connectivity index is 2.43. The van der Waals surface area contributed by atoms with Gasteiger partial charge < -0.3 is 10.6 Å². The van der Waals surface area contributed by atoms with E-state index in [1.807, 2.05) is 6.92 Å². The standard InChI is InChI=1S/C20H25F2N3O3S/c1-4-11-23-18-10-8-15(29(27,28)25(5-2)6-3)13-19(18)24-20(26)14-7-9-16(21)17(22)12-14/h7-10,12-13,23H,4-6,11H2,1-3H3,(H,24,26). The van der Waals surface area contributed by atoms with Gasteiger partial charge in [0.2, 0.25) is 10.0 Å². The van der Waals surface area contributed by atoms with Gasteiger partial charge in [0.05, 0.1) is 16.3 Å². The molecule has 0 bridgehead atoms. The smallest absolute Gasteiger partial charge is 0.255 e. The van der Waals surface area contributed by atoms with E-state index in [4.69, 9.17) is 0 Å². The number of carbonyl (C=O) groups excluding carboxylic acids is 1. The van der Waals surface area contributed by atoms with Gasteiger partial charge in [-0.15, -0.1) is 0 Å². The van der Waals surface area contributed by atoms with Crippen LogP contribution < -0.4 is 10.6 Å². The summed E-state index contributed by atoms with van der Waals surface area (Å²) in [7, 11) is -3.73. The lowest BCUT2D eigenvalue weighted by Gasteiger charge is -2.20. The molecule has 0 saturated carbocycles. The van der Waals surface area contributed by atoms with E-state index in [-0.39, 0.29) is 16.1 Å². The number of nitrogens with zero attached hydrogens (tertiary/aromatic N) is 1. The molecule has 0 aliphatic rings. The summed E-state index contributed by atoms with van der Waals surface area (Å²) in [6, 6.07) is 7.22. The van der Waals surface area contributed by atoms with Crippen molar-refractivity contribution in [3.8, 4) is 0 Å². The van der Waals surface area contributed by atoms with E-state index >= 15 is 0 Å². The van der Waals surface area contributed by atoms with Crippen LogP contribution in [0.4, 0.5) is 20.2 Å². The van der Waals surface area contributed by atoms with Crippen LogP contribution >= 0.6 is 0 Å². The number of hydrogen-bond acceptors (Lipinski definition) is 4. The third-order valence-corrected chi connectivity index (χ3v) is 6.38. The fourth-order valence-electron chi connectivity index (χ4n) is 2.75. The fourth-order valence-corrected chi connectivity index (χ4v) is 4.23. The molecule has 2 aromatic rings. The Hall–Kier alpha value is -2.52. The molecule has 0 aliphatic heterocycles. The van der Waals surface area contributed by atoms with Gasteiger partial charge in [0.25, 0.3) is 5.91 Å². The summed E-state index contributed by atoms with van der Waals surface area (Å²) in [5, 5.41) is 5.72. The summed E-state index contributed by atoms with van der Waals surface area (Å²) >= 11 is 0. The SMILES string of the molecule is CCCNc1ccc(S(=O)(=O)N(CC)CC)cc1NC(=O)c1ccc(F)c(F)c1. The van der Waals surface area contributed by atoms with E-state index in [0.717, 1.165) is 24.6 Å². The lowest BCUT2D eigenvalue weighted by atomic mass is 10.2. The van der Waals surface area contributed by atoms with Gasteiger partial charge in [-0.05, 0) is 42.8 Å². The minimum atomic E-state index is -3.73. The minimum absolute atomic E-state index is 0.0313. The normalized spacial score (nSPS) is 11.5. The number of anilines is 2. The van der Waals surface area contributed by atoms with Crippen LogP contribution in [0.2, 0.25) is 0 Å². The minimum Gasteiger partial charge on any atom is -0.383 e. The van der Waals surface area contributed by atoms with Crippen molar-refractivity contribution >= 4 is 27.3 Å². The Morgan fingerprint density at radius 1 is 0.966 bits per heavy atom. The molecule has 2 aromatic carbocycles. The van der Waals surface area contributed by atoms with Gasteiger partial charge in [0.1, 0.15) is 0 Å². The van der Waals surface area contributed by atoms with Gasteiger partial charge in [-0.25, -0.2) is 17.2 Å². The van der Waals surface area contributed by atoms with Gasteiger partial charge in [-0.3, -0.25) is 4.79 Å². The van der Waals surface area contributed by atoms with Crippen LogP contribution in [0.15, 0.2) is 41.3 Å². The van der Waals surface area contributed by atoms with Gasteiger partial charge in [0.15, 0.2) is 11.6 Å². The van der Waals surface area contributed by atoms with Gasteiger partial charge in [-0.2, -0.15) is 4.31 Å². The first kappa shape index (κ1) is 22.8. The molecule has 0 unspecified atom stereocenters. The van der Waals surface area contributed by atoms with E-state index in [2.05, 4.69) is 10.6 Å². The lowest BCUT2D eigenvalue weighted by Crippen LogP contribution is -2.30. The topological polar surface area (TPSA) is 78.5 Å². The summed E-state index contributed by atoms with van der Waals surface area (Å²) in [4.78, 5) is 12.6. The molecule has 1 amide bonds. The molecule has 0 heterocycles. The Labute approximate surface area is 170 Å². The lowest BCUT2D eigenvalue weighted by molar-refractivity contribution is 0.102. The maximum Gasteiger partial charge on any atom is 0.255 e. The van der Waals surface area contributed by atoms with E-state index in [0.29, 0.717) is 25.3 Å². The highest BCUT2D eigenvalue weighted by molar-refractivity contribution is 7.89. The number of amides is 1. The second-order valence-electron chi connectivity index (χ2n) is 6.31. The molecule has 0 aromatic heterocycles. The summed E-state index contributed by atoms with van der Waals surface area (Å²) in [5.74, 6) is -2.88. The number of carbonyl (C=O) groups is 1. The molecule has 0 aliphatic carbocycles. The largest absolute Gasteiger partial charge is 0.383 e. The Bertz CT molecular complexity index is 977. The summed E-state index contributed by atoms with van der Waals surface area (Å²) in [6.45, 7) is 6.67. The summed E-state index contributed by atoms with van der Waals surface area (Å²) in [6.07, 6.45) is 0.816. The predicted molar refractivity (Wildman–Crippen MR) is 110 cm³/mol. The molecule has 0 atom stereocenters. The van der Waals surface area contributed by atoms with Crippen LogP contribution in [0.1, 0.15) is 37.6 Å². The quantitative estimate of drug-likeness (QED) is 0.635. The van der Waals surface area contributed by atoms with Crippen LogP contribution in [-0.4, -0.2) is 38.3 Å². The van der Waals surface area contributed by atoms with Gasteiger partial charge >= 0.3 is 0 Å². The molecule has 0 fully saturated rings. The van der Waals surface area contributed by atoms with Crippen molar-refractivity contribution in [1.29, 1.82) is 0 Å². The molecule has 0 radical (unpaired) electrons. The number of halogens is 2. The second-order valence-corrected chi connectivity index (χ2v) is 8.24. The molecular weight excluding hydrogens is 400 g/mol. The van der Waals surface area contributed by atoms with Crippen molar-refractivity contribution in [1.82, 2.24) is 4.31 Å². The maximum atomic E-state index is 13.5. The van der Waals surface area contributed by atoms with Crippen LogP contribution in [0, 0.1) is 11.6 Å². The van der Waals surface area contributed by atoms with Crippen molar-refractivity contribution in [3.63, 3.8) is 0 Å². The maximum absolute atomic E-state index is 13.5. The Morgan fingerprint density at radius 2 is 1.66 bits per heavy atom. The molecule has 158 valence electrons. The molecule has 2 rings (SSSR count). The highest BCUT2D eigenvalue weighted by Crippen LogP contribution is 2.28. The molecule has 9 heteroatoms. The Kier molecular flexibility index (Phi) is 7.69. The van der Waals surface area contributed by atoms with E-state index in [9.17, 15) is 22.0 Å².